The number of amides is 1. The number of aromatic amines is 1. The number of hydrogen-bond acceptors (Lipinski definition) is 3. The van der Waals surface area contributed by atoms with Gasteiger partial charge in [-0.05, 0) is 56.6 Å². The van der Waals surface area contributed by atoms with Crippen LogP contribution in [0.3, 0.4) is 0 Å². The normalized spacial score (nSPS) is 19.5. The van der Waals surface area contributed by atoms with Gasteiger partial charge in [0.1, 0.15) is 11.1 Å². The quantitative estimate of drug-likeness (QED) is 0.735. The Hall–Kier alpha value is -2.11. The van der Waals surface area contributed by atoms with E-state index in [0.717, 1.165) is 49.8 Å². The Kier molecular flexibility index (Phi) is 3.76. The van der Waals surface area contributed by atoms with Crippen molar-refractivity contribution in [3.63, 3.8) is 0 Å². The van der Waals surface area contributed by atoms with Crippen LogP contribution in [0.25, 0.3) is 0 Å². The summed E-state index contributed by atoms with van der Waals surface area (Å²) in [6.07, 6.45) is 6.46. The van der Waals surface area contributed by atoms with Crippen molar-refractivity contribution in [3.05, 3.63) is 33.2 Å². The van der Waals surface area contributed by atoms with Crippen LogP contribution >= 0.6 is 0 Å². The highest BCUT2D eigenvalue weighted by atomic mass is 16.4. The third-order valence-corrected chi connectivity index (χ3v) is 4.80. The Morgan fingerprint density at radius 3 is 2.50 bits per heavy atom. The predicted octanol–water partition coefficient (Wildman–Crippen LogP) is 1.38. The number of carbonyl (C=O) groups is 2. The molecule has 3 rings (SSSR count). The molecule has 0 aromatic carbocycles. The zero-order chi connectivity index (χ0) is 15.7. The Morgan fingerprint density at radius 2 is 1.86 bits per heavy atom. The van der Waals surface area contributed by atoms with Gasteiger partial charge >= 0.3 is 5.97 Å². The number of carboxylic acid groups (broad SMARTS) is 1. The molecule has 6 heteroatoms. The second kappa shape index (κ2) is 5.59. The summed E-state index contributed by atoms with van der Waals surface area (Å²) in [5.41, 5.74) is 0.304. The maximum Gasteiger partial charge on any atom is 0.329 e. The van der Waals surface area contributed by atoms with E-state index in [2.05, 4.69) is 10.3 Å². The number of aromatic nitrogens is 1. The summed E-state index contributed by atoms with van der Waals surface area (Å²) in [4.78, 5) is 38.6. The van der Waals surface area contributed by atoms with Crippen molar-refractivity contribution >= 4 is 11.9 Å². The number of hydrogen-bond donors (Lipinski definition) is 3. The van der Waals surface area contributed by atoms with Gasteiger partial charge in [0.05, 0.1) is 0 Å². The molecule has 1 fully saturated rings. The first-order chi connectivity index (χ1) is 10.5. The fraction of sp³-hybridized carbons (Fsp3) is 0.562. The lowest BCUT2D eigenvalue weighted by molar-refractivity contribution is -0.148. The Morgan fingerprint density at radius 1 is 1.14 bits per heavy atom. The Labute approximate surface area is 127 Å². The van der Waals surface area contributed by atoms with E-state index in [1.165, 1.54) is 0 Å². The number of fused-ring (bicyclic) bond motifs is 1. The maximum atomic E-state index is 12.4. The summed E-state index contributed by atoms with van der Waals surface area (Å²) in [5.74, 6) is -1.62. The smallest absolute Gasteiger partial charge is 0.329 e. The standard InChI is InChI=1S/C16H20N2O4/c19-13-11(9-10-5-2-1-3-6-12(10)17-13)14(20)18-16(15(21)22)7-4-8-16/h9H,1-8H2,(H,17,19)(H,18,20)(H,21,22). The van der Waals surface area contributed by atoms with Gasteiger partial charge in [-0.15, -0.1) is 0 Å². The summed E-state index contributed by atoms with van der Waals surface area (Å²) in [6.45, 7) is 0. The van der Waals surface area contributed by atoms with Gasteiger partial charge in [-0.1, -0.05) is 6.42 Å². The number of pyridine rings is 1. The first-order valence-corrected chi connectivity index (χ1v) is 7.83. The molecule has 0 aliphatic heterocycles. The molecule has 1 saturated carbocycles. The van der Waals surface area contributed by atoms with E-state index >= 15 is 0 Å². The molecule has 1 aromatic heterocycles. The van der Waals surface area contributed by atoms with Gasteiger partial charge in [0.25, 0.3) is 11.5 Å². The van der Waals surface area contributed by atoms with Crippen LogP contribution in [-0.4, -0.2) is 27.5 Å². The van der Waals surface area contributed by atoms with E-state index in [-0.39, 0.29) is 5.56 Å². The molecule has 2 aliphatic carbocycles. The van der Waals surface area contributed by atoms with Crippen molar-refractivity contribution in [2.75, 3.05) is 0 Å². The SMILES string of the molecule is O=C(NC1(C(=O)O)CCC1)c1cc2c([nH]c1=O)CCCCC2. The van der Waals surface area contributed by atoms with Crippen LogP contribution < -0.4 is 10.9 Å². The molecule has 0 spiro atoms. The fourth-order valence-electron chi connectivity index (χ4n) is 3.23. The lowest BCUT2D eigenvalue weighted by Gasteiger charge is -2.38. The summed E-state index contributed by atoms with van der Waals surface area (Å²) in [5, 5.41) is 11.8. The highest BCUT2D eigenvalue weighted by molar-refractivity contribution is 5.98. The molecule has 3 N–H and O–H groups in total. The van der Waals surface area contributed by atoms with E-state index in [1.54, 1.807) is 6.07 Å². The Bertz CT molecular complexity index is 673. The van der Waals surface area contributed by atoms with Crippen LogP contribution in [0.5, 0.6) is 0 Å². The topological polar surface area (TPSA) is 99.3 Å². The summed E-state index contributed by atoms with van der Waals surface area (Å²) < 4.78 is 0. The first-order valence-electron chi connectivity index (χ1n) is 7.83. The van der Waals surface area contributed by atoms with Gasteiger partial charge in [0.2, 0.25) is 0 Å². The number of aliphatic carboxylic acids is 1. The number of aryl methyl sites for hydroxylation is 2. The fourth-order valence-corrected chi connectivity index (χ4v) is 3.23. The number of nitrogens with one attached hydrogen (secondary N) is 2. The van der Waals surface area contributed by atoms with Gasteiger partial charge < -0.3 is 15.4 Å². The van der Waals surface area contributed by atoms with Gasteiger partial charge in [0, 0.05) is 5.69 Å². The third kappa shape index (κ3) is 2.53. The molecule has 6 nitrogen and oxygen atoms in total. The number of carboxylic acids is 1. The van der Waals surface area contributed by atoms with E-state index in [0.29, 0.717) is 12.8 Å². The molecule has 118 valence electrons. The second-order valence-corrected chi connectivity index (χ2v) is 6.27. The number of rotatable bonds is 3. The van der Waals surface area contributed by atoms with E-state index in [4.69, 9.17) is 0 Å². The minimum Gasteiger partial charge on any atom is -0.480 e. The summed E-state index contributed by atoms with van der Waals surface area (Å²) >= 11 is 0. The highest BCUT2D eigenvalue weighted by Gasteiger charge is 2.46. The molecule has 1 amide bonds. The minimum absolute atomic E-state index is 0.0215. The average molecular weight is 304 g/mol. The van der Waals surface area contributed by atoms with Crippen molar-refractivity contribution in [2.24, 2.45) is 0 Å². The molecule has 0 unspecified atom stereocenters. The lowest BCUT2D eigenvalue weighted by atomic mass is 9.76. The molecular weight excluding hydrogens is 284 g/mol. The molecule has 0 bridgehead atoms. The zero-order valence-electron chi connectivity index (χ0n) is 12.4. The van der Waals surface area contributed by atoms with Crippen molar-refractivity contribution in [1.82, 2.24) is 10.3 Å². The molecule has 0 atom stereocenters. The molecule has 22 heavy (non-hydrogen) atoms. The largest absolute Gasteiger partial charge is 0.480 e. The Balaban J connectivity index is 1.88. The van der Waals surface area contributed by atoms with Crippen LogP contribution in [0, 0.1) is 0 Å². The zero-order valence-corrected chi connectivity index (χ0v) is 12.4. The van der Waals surface area contributed by atoms with E-state index in [9.17, 15) is 19.5 Å². The van der Waals surface area contributed by atoms with E-state index < -0.39 is 23.0 Å². The monoisotopic (exact) mass is 304 g/mol. The van der Waals surface area contributed by atoms with Gasteiger partial charge in [0.15, 0.2) is 0 Å². The number of H-pyrrole nitrogens is 1. The molecule has 2 aliphatic rings. The van der Waals surface area contributed by atoms with Crippen LogP contribution in [-0.2, 0) is 17.6 Å². The predicted molar refractivity (Wildman–Crippen MR) is 80.0 cm³/mol. The number of carbonyl (C=O) groups excluding carboxylic acids is 1. The average Bonchev–Trinajstić information content (AvgIpc) is 2.65. The van der Waals surface area contributed by atoms with Gasteiger partial charge in [-0.3, -0.25) is 9.59 Å². The molecule has 0 saturated heterocycles. The molecule has 1 aromatic rings. The van der Waals surface area contributed by atoms with Crippen molar-refractivity contribution in [2.45, 2.75) is 56.9 Å². The van der Waals surface area contributed by atoms with Crippen molar-refractivity contribution < 1.29 is 14.7 Å². The van der Waals surface area contributed by atoms with Crippen LogP contribution in [0.2, 0.25) is 0 Å². The maximum absolute atomic E-state index is 12.4. The van der Waals surface area contributed by atoms with Crippen molar-refractivity contribution in [1.29, 1.82) is 0 Å². The van der Waals surface area contributed by atoms with Crippen molar-refractivity contribution in [3.8, 4) is 0 Å². The van der Waals surface area contributed by atoms with Crippen LogP contribution in [0.4, 0.5) is 0 Å². The summed E-state index contributed by atoms with van der Waals surface area (Å²) in [6, 6.07) is 1.64. The minimum atomic E-state index is -1.20. The third-order valence-electron chi connectivity index (χ3n) is 4.80. The van der Waals surface area contributed by atoms with Gasteiger partial charge in [-0.25, -0.2) is 4.79 Å². The molecular formula is C16H20N2O4. The lowest BCUT2D eigenvalue weighted by Crippen LogP contribution is -2.59. The summed E-state index contributed by atoms with van der Waals surface area (Å²) in [7, 11) is 0. The van der Waals surface area contributed by atoms with Crippen LogP contribution in [0.1, 0.15) is 60.1 Å². The van der Waals surface area contributed by atoms with Crippen LogP contribution in [0.15, 0.2) is 10.9 Å². The first kappa shape index (κ1) is 14.8. The second-order valence-electron chi connectivity index (χ2n) is 6.27. The highest BCUT2D eigenvalue weighted by Crippen LogP contribution is 2.32. The van der Waals surface area contributed by atoms with Gasteiger partial charge in [-0.2, -0.15) is 0 Å². The molecule has 0 radical (unpaired) electrons. The molecule has 1 heterocycles. The van der Waals surface area contributed by atoms with E-state index in [1.807, 2.05) is 0 Å².